The molecule has 24 heavy (non-hydrogen) atoms. The molecule has 0 radical (unpaired) electrons. The van der Waals surface area contributed by atoms with Gasteiger partial charge in [0.05, 0.1) is 18.2 Å². The molecular formula is C16H13FN4O2S. The zero-order valence-corrected chi connectivity index (χ0v) is 13.7. The summed E-state index contributed by atoms with van der Waals surface area (Å²) in [5, 5.41) is 10.4. The van der Waals surface area contributed by atoms with E-state index in [9.17, 15) is 9.18 Å². The number of carbonyl (C=O) groups excluding carboxylic acids is 1. The van der Waals surface area contributed by atoms with Crippen LogP contribution in [0.5, 0.6) is 5.75 Å². The Bertz CT molecular complexity index is 884. The monoisotopic (exact) mass is 344 g/mol. The summed E-state index contributed by atoms with van der Waals surface area (Å²) < 4.78 is 19.7. The molecule has 1 aromatic carbocycles. The van der Waals surface area contributed by atoms with Crippen molar-refractivity contribution in [2.75, 3.05) is 12.4 Å². The van der Waals surface area contributed by atoms with E-state index in [1.54, 1.807) is 25.1 Å². The molecule has 0 saturated carbocycles. The van der Waals surface area contributed by atoms with Gasteiger partial charge in [0, 0.05) is 17.5 Å². The van der Waals surface area contributed by atoms with E-state index in [0.717, 1.165) is 0 Å². The lowest BCUT2D eigenvalue weighted by Crippen LogP contribution is -2.14. The fourth-order valence-electron chi connectivity index (χ4n) is 2.28. The number of halogens is 1. The van der Waals surface area contributed by atoms with Gasteiger partial charge in [0.1, 0.15) is 17.1 Å². The Kier molecular flexibility index (Phi) is 4.48. The van der Waals surface area contributed by atoms with E-state index in [4.69, 9.17) is 4.74 Å². The summed E-state index contributed by atoms with van der Waals surface area (Å²) in [5.41, 5.74) is 3.00. The first-order valence-corrected chi connectivity index (χ1v) is 7.85. The number of nitrogens with one attached hydrogen (secondary N) is 1. The Labute approximate surface area is 141 Å². The summed E-state index contributed by atoms with van der Waals surface area (Å²) >= 11 is 1.19. The first kappa shape index (κ1) is 16.0. The molecule has 2 aromatic heterocycles. The first-order chi connectivity index (χ1) is 11.6. The molecule has 0 bridgehead atoms. The summed E-state index contributed by atoms with van der Waals surface area (Å²) in [5.74, 6) is -0.588. The number of benzene rings is 1. The third-order valence-electron chi connectivity index (χ3n) is 3.33. The molecule has 0 saturated heterocycles. The SMILES string of the molecule is COc1cccc(F)c1-c1cc(C)ncc1C(=O)Nc1nncs1. The maximum absolute atomic E-state index is 14.4. The van der Waals surface area contributed by atoms with Gasteiger partial charge in [-0.1, -0.05) is 17.4 Å². The summed E-state index contributed by atoms with van der Waals surface area (Å²) in [4.78, 5) is 16.7. The first-order valence-electron chi connectivity index (χ1n) is 6.97. The number of methoxy groups -OCH3 is 1. The van der Waals surface area contributed by atoms with Crippen molar-refractivity contribution in [2.24, 2.45) is 0 Å². The number of aryl methyl sites for hydroxylation is 1. The van der Waals surface area contributed by atoms with Crippen molar-refractivity contribution in [1.29, 1.82) is 0 Å². The van der Waals surface area contributed by atoms with Crippen LogP contribution in [0.4, 0.5) is 9.52 Å². The molecule has 0 unspecified atom stereocenters. The van der Waals surface area contributed by atoms with Gasteiger partial charge in [-0.2, -0.15) is 0 Å². The van der Waals surface area contributed by atoms with Crippen LogP contribution in [0.25, 0.3) is 11.1 Å². The fourth-order valence-corrected chi connectivity index (χ4v) is 2.72. The largest absolute Gasteiger partial charge is 0.496 e. The predicted octanol–water partition coefficient (Wildman–Crippen LogP) is 3.31. The minimum absolute atomic E-state index is 0.216. The van der Waals surface area contributed by atoms with Crippen LogP contribution in [0.15, 0.2) is 36.0 Å². The van der Waals surface area contributed by atoms with E-state index >= 15 is 0 Å². The van der Waals surface area contributed by atoms with Crippen LogP contribution >= 0.6 is 11.3 Å². The summed E-state index contributed by atoms with van der Waals surface area (Å²) in [6.07, 6.45) is 1.41. The minimum Gasteiger partial charge on any atom is -0.496 e. The van der Waals surface area contributed by atoms with Gasteiger partial charge in [-0.25, -0.2) is 4.39 Å². The number of aromatic nitrogens is 3. The van der Waals surface area contributed by atoms with E-state index in [1.165, 1.54) is 36.2 Å². The molecule has 122 valence electrons. The molecular weight excluding hydrogens is 331 g/mol. The molecule has 0 atom stereocenters. The molecule has 6 nitrogen and oxygen atoms in total. The van der Waals surface area contributed by atoms with Crippen LogP contribution < -0.4 is 10.1 Å². The van der Waals surface area contributed by atoms with Gasteiger partial charge in [-0.15, -0.1) is 10.2 Å². The minimum atomic E-state index is -0.482. The highest BCUT2D eigenvalue weighted by Crippen LogP contribution is 2.35. The third-order valence-corrected chi connectivity index (χ3v) is 3.94. The van der Waals surface area contributed by atoms with Crippen LogP contribution in [0.3, 0.4) is 0 Å². The number of amides is 1. The maximum atomic E-state index is 14.4. The number of hydrogen-bond acceptors (Lipinski definition) is 6. The molecule has 3 aromatic rings. The Balaban J connectivity index is 2.12. The second-order valence-corrected chi connectivity index (χ2v) is 5.72. The number of ether oxygens (including phenoxy) is 1. The standard InChI is InChI=1S/C16H13FN4O2S/c1-9-6-10(14-12(17)4-3-5-13(14)23-2)11(7-18-9)15(22)20-16-21-19-8-24-16/h3-8H,1-2H3,(H,20,21,22). The number of rotatable bonds is 4. The van der Waals surface area contributed by atoms with E-state index in [1.807, 2.05) is 0 Å². The van der Waals surface area contributed by atoms with Crippen LogP contribution in [0, 0.1) is 12.7 Å². The molecule has 8 heteroatoms. The van der Waals surface area contributed by atoms with Gasteiger partial charge in [0.2, 0.25) is 5.13 Å². The van der Waals surface area contributed by atoms with Crippen molar-refractivity contribution in [3.05, 3.63) is 53.0 Å². The number of anilines is 1. The number of pyridine rings is 1. The zero-order chi connectivity index (χ0) is 17.1. The average Bonchev–Trinajstić information content (AvgIpc) is 3.07. The van der Waals surface area contributed by atoms with Crippen LogP contribution in [0.1, 0.15) is 16.1 Å². The van der Waals surface area contributed by atoms with Gasteiger partial charge in [0.25, 0.3) is 5.91 Å². The number of carbonyl (C=O) groups is 1. The molecule has 2 heterocycles. The molecule has 1 N–H and O–H groups in total. The normalized spacial score (nSPS) is 10.5. The molecule has 1 amide bonds. The lowest BCUT2D eigenvalue weighted by Gasteiger charge is -2.14. The highest BCUT2D eigenvalue weighted by molar-refractivity contribution is 7.13. The van der Waals surface area contributed by atoms with Gasteiger partial charge < -0.3 is 4.74 Å². The van der Waals surface area contributed by atoms with Crippen molar-refractivity contribution in [2.45, 2.75) is 6.92 Å². The summed E-state index contributed by atoms with van der Waals surface area (Å²) in [7, 11) is 1.45. The summed E-state index contributed by atoms with van der Waals surface area (Å²) in [6.45, 7) is 1.77. The van der Waals surface area contributed by atoms with Crippen molar-refractivity contribution >= 4 is 22.4 Å². The molecule has 0 spiro atoms. The Morgan fingerprint density at radius 2 is 2.21 bits per heavy atom. The topological polar surface area (TPSA) is 77.0 Å². The van der Waals surface area contributed by atoms with Gasteiger partial charge >= 0.3 is 0 Å². The smallest absolute Gasteiger partial charge is 0.259 e. The third kappa shape index (κ3) is 3.09. The molecule has 0 aliphatic rings. The second kappa shape index (κ2) is 6.71. The summed E-state index contributed by atoms with van der Waals surface area (Å²) in [6, 6.07) is 6.16. The van der Waals surface area contributed by atoms with E-state index in [0.29, 0.717) is 22.1 Å². The van der Waals surface area contributed by atoms with Gasteiger partial charge in [-0.3, -0.25) is 15.1 Å². The van der Waals surface area contributed by atoms with Crippen LogP contribution in [-0.4, -0.2) is 28.2 Å². The van der Waals surface area contributed by atoms with Crippen molar-refractivity contribution < 1.29 is 13.9 Å². The van der Waals surface area contributed by atoms with E-state index in [2.05, 4.69) is 20.5 Å². The van der Waals surface area contributed by atoms with Gasteiger partial charge in [-0.05, 0) is 25.1 Å². The maximum Gasteiger partial charge on any atom is 0.259 e. The van der Waals surface area contributed by atoms with Crippen molar-refractivity contribution in [3.63, 3.8) is 0 Å². The zero-order valence-electron chi connectivity index (χ0n) is 12.9. The number of nitrogens with zero attached hydrogens (tertiary/aromatic N) is 3. The highest BCUT2D eigenvalue weighted by atomic mass is 32.1. The van der Waals surface area contributed by atoms with Crippen molar-refractivity contribution in [3.8, 4) is 16.9 Å². The van der Waals surface area contributed by atoms with Crippen LogP contribution in [-0.2, 0) is 0 Å². The average molecular weight is 344 g/mol. The second-order valence-electron chi connectivity index (χ2n) is 4.89. The Morgan fingerprint density at radius 1 is 1.38 bits per heavy atom. The Morgan fingerprint density at radius 3 is 2.92 bits per heavy atom. The lowest BCUT2D eigenvalue weighted by atomic mass is 9.98. The molecule has 0 fully saturated rings. The van der Waals surface area contributed by atoms with Gasteiger partial charge in [0.15, 0.2) is 0 Å². The van der Waals surface area contributed by atoms with Crippen LogP contribution in [0.2, 0.25) is 0 Å². The molecule has 0 aliphatic carbocycles. The quantitative estimate of drug-likeness (QED) is 0.786. The fraction of sp³-hybridized carbons (Fsp3) is 0.125. The Hall–Kier alpha value is -2.87. The van der Waals surface area contributed by atoms with E-state index < -0.39 is 11.7 Å². The number of hydrogen-bond donors (Lipinski definition) is 1. The van der Waals surface area contributed by atoms with Crippen molar-refractivity contribution in [1.82, 2.24) is 15.2 Å². The molecule has 3 rings (SSSR count). The van der Waals surface area contributed by atoms with E-state index in [-0.39, 0.29) is 11.1 Å². The predicted molar refractivity (Wildman–Crippen MR) is 88.8 cm³/mol. The lowest BCUT2D eigenvalue weighted by molar-refractivity contribution is 0.102. The highest BCUT2D eigenvalue weighted by Gasteiger charge is 2.20. The molecule has 0 aliphatic heterocycles.